The molecular weight excluding hydrogens is 243 g/mol. The lowest BCUT2D eigenvalue weighted by atomic mass is 10.1. The van der Waals surface area contributed by atoms with Crippen LogP contribution in [0, 0.1) is 5.82 Å². The molecule has 0 bridgehead atoms. The Labute approximate surface area is 112 Å². The Bertz CT molecular complexity index is 545. The molecule has 3 N–H and O–H groups in total. The Morgan fingerprint density at radius 1 is 1.21 bits per heavy atom. The maximum absolute atomic E-state index is 13.2. The predicted octanol–water partition coefficient (Wildman–Crippen LogP) is 2.95. The summed E-state index contributed by atoms with van der Waals surface area (Å²) in [6.45, 7) is 0.386. The molecule has 2 rings (SSSR count). The highest BCUT2D eigenvalue weighted by atomic mass is 19.1. The molecule has 0 radical (unpaired) electrons. The van der Waals surface area contributed by atoms with E-state index in [4.69, 9.17) is 10.5 Å². The van der Waals surface area contributed by atoms with Crippen LogP contribution in [0.2, 0.25) is 0 Å². The van der Waals surface area contributed by atoms with Gasteiger partial charge in [-0.15, -0.1) is 0 Å². The Hall–Kier alpha value is -2.07. The Morgan fingerprint density at radius 3 is 2.68 bits per heavy atom. The summed E-state index contributed by atoms with van der Waals surface area (Å²) in [7, 11) is 1.62. The van der Waals surface area contributed by atoms with E-state index in [1.54, 1.807) is 19.2 Å². The Balaban J connectivity index is 2.25. The molecule has 19 heavy (non-hydrogen) atoms. The number of nitrogens with one attached hydrogen (secondary N) is 1. The van der Waals surface area contributed by atoms with Crippen LogP contribution in [0.3, 0.4) is 0 Å². The van der Waals surface area contributed by atoms with Gasteiger partial charge in [0, 0.05) is 17.8 Å². The smallest absolute Gasteiger partial charge is 0.125 e. The standard InChI is InChI=1S/C15H17FN2O/c1-19-15-8-3-2-7-13(15)14(10-17)18-12-6-4-5-11(16)9-12/h2-9,14,18H,10,17H2,1H3. The molecule has 2 aromatic rings. The van der Waals surface area contributed by atoms with Gasteiger partial charge in [0.2, 0.25) is 0 Å². The number of para-hydroxylation sites is 1. The number of nitrogens with two attached hydrogens (primary N) is 1. The highest BCUT2D eigenvalue weighted by Gasteiger charge is 2.14. The van der Waals surface area contributed by atoms with Gasteiger partial charge in [0.25, 0.3) is 0 Å². The molecule has 4 heteroatoms. The molecule has 0 fully saturated rings. The summed E-state index contributed by atoms with van der Waals surface area (Å²) in [5.74, 6) is 0.489. The Kier molecular flexibility index (Phi) is 4.36. The minimum Gasteiger partial charge on any atom is -0.496 e. The molecule has 2 aromatic carbocycles. The lowest BCUT2D eigenvalue weighted by Gasteiger charge is -2.20. The van der Waals surface area contributed by atoms with Crippen LogP contribution in [-0.2, 0) is 0 Å². The van der Waals surface area contributed by atoms with Crippen LogP contribution in [0.15, 0.2) is 48.5 Å². The van der Waals surface area contributed by atoms with Gasteiger partial charge in [0.1, 0.15) is 11.6 Å². The molecule has 1 unspecified atom stereocenters. The maximum Gasteiger partial charge on any atom is 0.125 e. The van der Waals surface area contributed by atoms with Crippen molar-refractivity contribution >= 4 is 5.69 Å². The third-order valence-electron chi connectivity index (χ3n) is 2.92. The molecule has 0 aliphatic carbocycles. The molecule has 0 saturated carbocycles. The second-order valence-electron chi connectivity index (χ2n) is 4.18. The zero-order valence-electron chi connectivity index (χ0n) is 10.8. The lowest BCUT2D eigenvalue weighted by Crippen LogP contribution is -2.21. The van der Waals surface area contributed by atoms with Crippen LogP contribution in [0.5, 0.6) is 5.75 Å². The van der Waals surface area contributed by atoms with Gasteiger partial charge in [-0.05, 0) is 24.3 Å². The SMILES string of the molecule is COc1ccccc1C(CN)Nc1cccc(F)c1. The van der Waals surface area contributed by atoms with Crippen LogP contribution in [0.1, 0.15) is 11.6 Å². The van der Waals surface area contributed by atoms with Crippen LogP contribution in [-0.4, -0.2) is 13.7 Å². The topological polar surface area (TPSA) is 47.3 Å². The number of anilines is 1. The molecule has 0 saturated heterocycles. The summed E-state index contributed by atoms with van der Waals surface area (Å²) in [5, 5.41) is 3.22. The number of halogens is 1. The summed E-state index contributed by atoms with van der Waals surface area (Å²) in [5.41, 5.74) is 7.45. The van der Waals surface area contributed by atoms with Crippen molar-refractivity contribution in [2.24, 2.45) is 5.73 Å². The number of hydrogen-bond acceptors (Lipinski definition) is 3. The van der Waals surface area contributed by atoms with Gasteiger partial charge in [0.05, 0.1) is 13.2 Å². The number of ether oxygens (including phenoxy) is 1. The monoisotopic (exact) mass is 260 g/mol. The van der Waals surface area contributed by atoms with Gasteiger partial charge in [-0.3, -0.25) is 0 Å². The van der Waals surface area contributed by atoms with Gasteiger partial charge >= 0.3 is 0 Å². The van der Waals surface area contributed by atoms with E-state index in [9.17, 15) is 4.39 Å². The normalized spacial score (nSPS) is 11.9. The fourth-order valence-electron chi connectivity index (χ4n) is 2.00. The minimum absolute atomic E-state index is 0.127. The highest BCUT2D eigenvalue weighted by molar-refractivity contribution is 5.48. The first-order valence-electron chi connectivity index (χ1n) is 6.09. The average molecular weight is 260 g/mol. The van der Waals surface area contributed by atoms with Crippen molar-refractivity contribution in [3.05, 3.63) is 59.9 Å². The summed E-state index contributed by atoms with van der Waals surface area (Å²) >= 11 is 0. The van der Waals surface area contributed by atoms with E-state index in [0.29, 0.717) is 12.2 Å². The van der Waals surface area contributed by atoms with Crippen LogP contribution >= 0.6 is 0 Å². The van der Waals surface area contributed by atoms with Crippen molar-refractivity contribution in [1.29, 1.82) is 0 Å². The van der Waals surface area contributed by atoms with Crippen molar-refractivity contribution in [3.63, 3.8) is 0 Å². The van der Waals surface area contributed by atoms with Crippen molar-refractivity contribution in [2.75, 3.05) is 19.0 Å². The fourth-order valence-corrected chi connectivity index (χ4v) is 2.00. The second-order valence-corrected chi connectivity index (χ2v) is 4.18. The van der Waals surface area contributed by atoms with Crippen molar-refractivity contribution < 1.29 is 9.13 Å². The fraction of sp³-hybridized carbons (Fsp3) is 0.200. The van der Waals surface area contributed by atoms with Crippen LogP contribution < -0.4 is 15.8 Å². The lowest BCUT2D eigenvalue weighted by molar-refractivity contribution is 0.407. The van der Waals surface area contributed by atoms with Crippen molar-refractivity contribution in [2.45, 2.75) is 6.04 Å². The molecule has 0 spiro atoms. The molecule has 1 atom stereocenters. The molecular formula is C15H17FN2O. The zero-order valence-corrected chi connectivity index (χ0v) is 10.8. The van der Waals surface area contributed by atoms with Gasteiger partial charge in [0.15, 0.2) is 0 Å². The molecule has 3 nitrogen and oxygen atoms in total. The van der Waals surface area contributed by atoms with E-state index in [0.717, 1.165) is 11.3 Å². The van der Waals surface area contributed by atoms with Crippen molar-refractivity contribution in [1.82, 2.24) is 0 Å². The van der Waals surface area contributed by atoms with E-state index in [2.05, 4.69) is 5.32 Å². The van der Waals surface area contributed by atoms with Crippen LogP contribution in [0.25, 0.3) is 0 Å². The first-order chi connectivity index (χ1) is 9.24. The number of hydrogen-bond donors (Lipinski definition) is 2. The minimum atomic E-state index is -0.277. The second kappa shape index (κ2) is 6.20. The first kappa shape index (κ1) is 13.4. The van der Waals surface area contributed by atoms with E-state index in [1.807, 2.05) is 24.3 Å². The Morgan fingerprint density at radius 2 is 2.00 bits per heavy atom. The molecule has 0 heterocycles. The van der Waals surface area contributed by atoms with Gasteiger partial charge in [-0.25, -0.2) is 4.39 Å². The maximum atomic E-state index is 13.2. The summed E-state index contributed by atoms with van der Waals surface area (Å²) in [6.07, 6.45) is 0. The third kappa shape index (κ3) is 3.23. The summed E-state index contributed by atoms with van der Waals surface area (Å²) < 4.78 is 18.5. The van der Waals surface area contributed by atoms with E-state index >= 15 is 0 Å². The molecule has 0 amide bonds. The van der Waals surface area contributed by atoms with Crippen LogP contribution in [0.4, 0.5) is 10.1 Å². The third-order valence-corrected chi connectivity index (χ3v) is 2.92. The van der Waals surface area contributed by atoms with E-state index < -0.39 is 0 Å². The van der Waals surface area contributed by atoms with E-state index in [1.165, 1.54) is 12.1 Å². The van der Waals surface area contributed by atoms with E-state index in [-0.39, 0.29) is 11.9 Å². The number of benzene rings is 2. The van der Waals surface area contributed by atoms with Gasteiger partial charge < -0.3 is 15.8 Å². The summed E-state index contributed by atoms with van der Waals surface area (Å²) in [6, 6.07) is 13.8. The van der Waals surface area contributed by atoms with Crippen molar-refractivity contribution in [3.8, 4) is 5.75 Å². The number of methoxy groups -OCH3 is 1. The quantitative estimate of drug-likeness (QED) is 0.869. The van der Waals surface area contributed by atoms with Gasteiger partial charge in [-0.1, -0.05) is 24.3 Å². The average Bonchev–Trinajstić information content (AvgIpc) is 2.45. The highest BCUT2D eigenvalue weighted by Crippen LogP contribution is 2.27. The number of rotatable bonds is 5. The molecule has 0 aromatic heterocycles. The largest absolute Gasteiger partial charge is 0.496 e. The predicted molar refractivity (Wildman–Crippen MR) is 74.8 cm³/mol. The first-order valence-corrected chi connectivity index (χ1v) is 6.09. The molecule has 0 aliphatic heterocycles. The zero-order chi connectivity index (χ0) is 13.7. The van der Waals surface area contributed by atoms with Gasteiger partial charge in [-0.2, -0.15) is 0 Å². The summed E-state index contributed by atoms with van der Waals surface area (Å²) in [4.78, 5) is 0. The molecule has 0 aliphatic rings. The molecule has 100 valence electrons.